The number of carboxylic acid groups (broad SMARTS) is 1. The minimum Gasteiger partial charge on any atom is -0.481 e. The van der Waals surface area contributed by atoms with Gasteiger partial charge in [0.1, 0.15) is 5.51 Å². The molecule has 0 saturated heterocycles. The Kier molecular flexibility index (Phi) is 3.82. The van der Waals surface area contributed by atoms with Crippen LogP contribution in [0.2, 0.25) is 0 Å². The van der Waals surface area contributed by atoms with Crippen LogP contribution in [0.5, 0.6) is 0 Å². The van der Waals surface area contributed by atoms with E-state index in [0.717, 1.165) is 5.13 Å². The van der Waals surface area contributed by atoms with Crippen molar-refractivity contribution in [3.8, 4) is 0 Å². The molecule has 1 aromatic rings. The molecule has 78 valence electrons. The molecule has 0 radical (unpaired) electrons. The molecule has 0 spiro atoms. The fourth-order valence-corrected chi connectivity index (χ4v) is 1.80. The summed E-state index contributed by atoms with van der Waals surface area (Å²) in [7, 11) is 0. The summed E-state index contributed by atoms with van der Waals surface area (Å²) in [6.07, 6.45) is 0.123. The molecule has 6 heteroatoms. The Morgan fingerprint density at radius 1 is 1.71 bits per heavy atom. The summed E-state index contributed by atoms with van der Waals surface area (Å²) in [5.74, 6) is -0.792. The molecule has 0 aliphatic heterocycles. The van der Waals surface area contributed by atoms with E-state index in [1.165, 1.54) is 11.3 Å². The molecule has 0 aliphatic rings. The van der Waals surface area contributed by atoms with Gasteiger partial charge in [0.05, 0.1) is 6.42 Å². The van der Waals surface area contributed by atoms with Gasteiger partial charge in [-0.05, 0) is 13.8 Å². The van der Waals surface area contributed by atoms with E-state index in [1.54, 1.807) is 5.51 Å². The summed E-state index contributed by atoms with van der Waals surface area (Å²) < 4.78 is 0. The van der Waals surface area contributed by atoms with E-state index in [0.29, 0.717) is 6.54 Å². The molecule has 0 unspecified atom stereocenters. The van der Waals surface area contributed by atoms with E-state index in [-0.39, 0.29) is 12.5 Å². The van der Waals surface area contributed by atoms with Crippen molar-refractivity contribution in [3.63, 3.8) is 0 Å². The molecule has 0 atom stereocenters. The van der Waals surface area contributed by atoms with Crippen molar-refractivity contribution in [1.29, 1.82) is 0 Å². The molecule has 14 heavy (non-hydrogen) atoms. The third-order valence-electron chi connectivity index (χ3n) is 1.78. The number of hydrogen-bond acceptors (Lipinski definition) is 5. The molecule has 0 amide bonds. The Bertz CT molecular complexity index is 287. The standard InChI is InChI=1S/C8H13N3O2S/c1-6(2)11(4-3-7(12)13)8-10-9-5-14-8/h5-6H,3-4H2,1-2H3,(H,12,13). The summed E-state index contributed by atoms with van der Waals surface area (Å²) in [6, 6.07) is 0.238. The second-order valence-corrected chi connectivity index (χ2v) is 3.96. The van der Waals surface area contributed by atoms with Crippen molar-refractivity contribution < 1.29 is 9.90 Å². The van der Waals surface area contributed by atoms with Gasteiger partial charge in [-0.25, -0.2) is 0 Å². The van der Waals surface area contributed by atoms with Gasteiger partial charge in [0, 0.05) is 12.6 Å². The number of hydrogen-bond donors (Lipinski definition) is 1. The molecular formula is C8H13N3O2S. The molecular weight excluding hydrogens is 202 g/mol. The van der Waals surface area contributed by atoms with Crippen LogP contribution in [0.15, 0.2) is 5.51 Å². The maximum Gasteiger partial charge on any atom is 0.305 e. The van der Waals surface area contributed by atoms with Crippen LogP contribution in [0.3, 0.4) is 0 Å². The fraction of sp³-hybridized carbons (Fsp3) is 0.625. The molecule has 0 saturated carbocycles. The second kappa shape index (κ2) is 4.90. The average Bonchev–Trinajstić information content (AvgIpc) is 2.56. The second-order valence-electron chi connectivity index (χ2n) is 3.15. The van der Waals surface area contributed by atoms with Crippen molar-refractivity contribution in [2.75, 3.05) is 11.4 Å². The number of rotatable bonds is 5. The molecule has 1 rings (SSSR count). The van der Waals surface area contributed by atoms with E-state index in [4.69, 9.17) is 5.11 Å². The van der Waals surface area contributed by atoms with Crippen LogP contribution in [-0.4, -0.2) is 33.9 Å². The molecule has 1 heterocycles. The van der Waals surface area contributed by atoms with Gasteiger partial charge < -0.3 is 10.0 Å². The van der Waals surface area contributed by atoms with E-state index in [2.05, 4.69) is 10.2 Å². The van der Waals surface area contributed by atoms with Gasteiger partial charge in [0.15, 0.2) is 0 Å². The first-order chi connectivity index (χ1) is 6.61. The molecule has 1 N–H and O–H groups in total. The van der Waals surface area contributed by atoms with Crippen molar-refractivity contribution in [2.24, 2.45) is 0 Å². The topological polar surface area (TPSA) is 66.3 Å². The molecule has 5 nitrogen and oxygen atoms in total. The van der Waals surface area contributed by atoms with Crippen LogP contribution in [-0.2, 0) is 4.79 Å². The molecule has 0 aromatic carbocycles. The van der Waals surface area contributed by atoms with Crippen LogP contribution in [0.25, 0.3) is 0 Å². The first kappa shape index (κ1) is 10.9. The van der Waals surface area contributed by atoms with E-state index in [1.807, 2.05) is 18.7 Å². The summed E-state index contributed by atoms with van der Waals surface area (Å²) in [5, 5.41) is 17.0. The minimum absolute atomic E-state index is 0.123. The monoisotopic (exact) mass is 215 g/mol. The zero-order valence-electron chi connectivity index (χ0n) is 8.17. The van der Waals surface area contributed by atoms with Crippen molar-refractivity contribution >= 4 is 22.4 Å². The Morgan fingerprint density at radius 3 is 2.86 bits per heavy atom. The van der Waals surface area contributed by atoms with Crippen LogP contribution in [0, 0.1) is 0 Å². The quantitative estimate of drug-likeness (QED) is 0.800. The van der Waals surface area contributed by atoms with E-state index < -0.39 is 5.97 Å². The number of carbonyl (C=O) groups is 1. The highest BCUT2D eigenvalue weighted by molar-refractivity contribution is 7.13. The number of aromatic nitrogens is 2. The molecule has 0 bridgehead atoms. The lowest BCUT2D eigenvalue weighted by molar-refractivity contribution is -0.136. The fourth-order valence-electron chi connectivity index (χ4n) is 1.08. The van der Waals surface area contributed by atoms with Crippen LogP contribution in [0.4, 0.5) is 5.13 Å². The Hall–Kier alpha value is -1.17. The zero-order valence-corrected chi connectivity index (χ0v) is 8.99. The lowest BCUT2D eigenvalue weighted by Gasteiger charge is -2.24. The highest BCUT2D eigenvalue weighted by atomic mass is 32.1. The summed E-state index contributed by atoms with van der Waals surface area (Å²) in [6.45, 7) is 4.48. The maximum atomic E-state index is 10.4. The maximum absolute atomic E-state index is 10.4. The van der Waals surface area contributed by atoms with Crippen LogP contribution >= 0.6 is 11.3 Å². The van der Waals surface area contributed by atoms with Gasteiger partial charge in [0.25, 0.3) is 0 Å². The SMILES string of the molecule is CC(C)N(CCC(=O)O)c1nncs1. The first-order valence-corrected chi connectivity index (χ1v) is 5.24. The number of aliphatic carboxylic acids is 1. The van der Waals surface area contributed by atoms with Crippen LogP contribution in [0.1, 0.15) is 20.3 Å². The minimum atomic E-state index is -0.792. The number of anilines is 1. The van der Waals surface area contributed by atoms with Gasteiger partial charge >= 0.3 is 5.97 Å². The van der Waals surface area contributed by atoms with Crippen molar-refractivity contribution in [2.45, 2.75) is 26.3 Å². The largest absolute Gasteiger partial charge is 0.481 e. The van der Waals surface area contributed by atoms with Gasteiger partial charge in [-0.15, -0.1) is 10.2 Å². The normalized spacial score (nSPS) is 10.5. The van der Waals surface area contributed by atoms with Crippen molar-refractivity contribution in [3.05, 3.63) is 5.51 Å². The number of carboxylic acids is 1. The summed E-state index contributed by atoms with van der Waals surface area (Å²) in [4.78, 5) is 12.4. The third-order valence-corrected chi connectivity index (χ3v) is 2.51. The third kappa shape index (κ3) is 2.95. The molecule has 1 aromatic heterocycles. The van der Waals surface area contributed by atoms with Gasteiger partial charge in [-0.1, -0.05) is 11.3 Å². The van der Waals surface area contributed by atoms with E-state index >= 15 is 0 Å². The lowest BCUT2D eigenvalue weighted by atomic mass is 10.3. The highest BCUT2D eigenvalue weighted by Gasteiger charge is 2.14. The Labute approximate surface area is 86.4 Å². The van der Waals surface area contributed by atoms with Crippen LogP contribution < -0.4 is 4.90 Å². The average molecular weight is 215 g/mol. The summed E-state index contributed by atoms with van der Waals surface area (Å²) >= 11 is 1.42. The summed E-state index contributed by atoms with van der Waals surface area (Å²) in [5.41, 5.74) is 1.64. The molecule has 0 aliphatic carbocycles. The van der Waals surface area contributed by atoms with Gasteiger partial charge in [0.2, 0.25) is 5.13 Å². The smallest absolute Gasteiger partial charge is 0.305 e. The highest BCUT2D eigenvalue weighted by Crippen LogP contribution is 2.18. The van der Waals surface area contributed by atoms with Gasteiger partial charge in [-0.2, -0.15) is 0 Å². The van der Waals surface area contributed by atoms with E-state index in [9.17, 15) is 4.79 Å². The molecule has 0 fully saturated rings. The van der Waals surface area contributed by atoms with Crippen molar-refractivity contribution in [1.82, 2.24) is 10.2 Å². The predicted molar refractivity (Wildman–Crippen MR) is 54.6 cm³/mol. The predicted octanol–water partition coefficient (Wildman–Crippen LogP) is 1.23. The van der Waals surface area contributed by atoms with Gasteiger partial charge in [-0.3, -0.25) is 4.79 Å². The Balaban J connectivity index is 2.61. The zero-order chi connectivity index (χ0) is 10.6. The first-order valence-electron chi connectivity index (χ1n) is 4.36. The number of nitrogens with zero attached hydrogens (tertiary/aromatic N) is 3. The lowest BCUT2D eigenvalue weighted by Crippen LogP contribution is -2.32. The Morgan fingerprint density at radius 2 is 2.43 bits per heavy atom.